The summed E-state index contributed by atoms with van der Waals surface area (Å²) in [5.41, 5.74) is 5.38. The summed E-state index contributed by atoms with van der Waals surface area (Å²) in [5, 5.41) is 0.877. The summed E-state index contributed by atoms with van der Waals surface area (Å²) in [6.45, 7) is 3.82. The Morgan fingerprint density at radius 3 is 2.56 bits per heavy atom. The van der Waals surface area contributed by atoms with Crippen LogP contribution in [-0.4, -0.2) is 9.36 Å². The summed E-state index contributed by atoms with van der Waals surface area (Å²) >= 11 is 1.34. The molecule has 0 fully saturated rings. The van der Waals surface area contributed by atoms with E-state index in [1.165, 1.54) is 17.9 Å². The molecule has 0 aromatic carbocycles. The Bertz CT molecular complexity index is 175. The highest BCUT2D eigenvalue weighted by Crippen LogP contribution is 2.15. The van der Waals surface area contributed by atoms with E-state index in [4.69, 9.17) is 5.73 Å². The Morgan fingerprint density at radius 2 is 2.33 bits per heavy atom. The van der Waals surface area contributed by atoms with Crippen LogP contribution in [0.25, 0.3) is 0 Å². The molecule has 4 heteroatoms. The van der Waals surface area contributed by atoms with Crippen LogP contribution in [0.4, 0.5) is 0 Å². The van der Waals surface area contributed by atoms with Crippen molar-refractivity contribution in [3.8, 4) is 0 Å². The van der Waals surface area contributed by atoms with Gasteiger partial charge in [-0.2, -0.15) is 4.37 Å². The van der Waals surface area contributed by atoms with Crippen molar-refractivity contribution < 1.29 is 0 Å². The van der Waals surface area contributed by atoms with Crippen LogP contribution in [0.3, 0.4) is 0 Å². The highest BCUT2D eigenvalue weighted by atomic mass is 32.1. The number of nitrogens with zero attached hydrogens (tertiary/aromatic N) is 2. The van der Waals surface area contributed by atoms with Gasteiger partial charge in [0.2, 0.25) is 0 Å². The Labute approximate surface area is 58.1 Å². The minimum atomic E-state index is -0.332. The molecule has 0 radical (unpaired) electrons. The summed E-state index contributed by atoms with van der Waals surface area (Å²) < 4.78 is 3.84. The van der Waals surface area contributed by atoms with Crippen molar-refractivity contribution >= 4 is 11.5 Å². The van der Waals surface area contributed by atoms with Crippen molar-refractivity contribution in [1.82, 2.24) is 9.36 Å². The van der Waals surface area contributed by atoms with Crippen LogP contribution in [0.2, 0.25) is 0 Å². The zero-order valence-corrected chi connectivity index (χ0v) is 6.27. The van der Waals surface area contributed by atoms with Crippen LogP contribution >= 0.6 is 11.5 Å². The third-order valence-electron chi connectivity index (χ3n) is 0.913. The van der Waals surface area contributed by atoms with Crippen molar-refractivity contribution in [2.45, 2.75) is 19.4 Å². The average Bonchev–Trinajstić information content (AvgIpc) is 2.08. The first-order chi connectivity index (χ1) is 4.11. The Hall–Kier alpha value is -0.480. The number of hydrogen-bond donors (Lipinski definition) is 1. The lowest BCUT2D eigenvalue weighted by molar-refractivity contribution is 0.550. The number of nitrogens with two attached hydrogens (primary N) is 1. The van der Waals surface area contributed by atoms with Crippen LogP contribution in [0.15, 0.2) is 6.33 Å². The quantitative estimate of drug-likeness (QED) is 0.630. The molecule has 1 aromatic heterocycles. The van der Waals surface area contributed by atoms with E-state index in [1.54, 1.807) is 0 Å². The van der Waals surface area contributed by atoms with Gasteiger partial charge in [-0.1, -0.05) is 0 Å². The third-order valence-corrected chi connectivity index (χ3v) is 1.92. The van der Waals surface area contributed by atoms with Gasteiger partial charge in [0.15, 0.2) is 0 Å². The van der Waals surface area contributed by atoms with Crippen molar-refractivity contribution in [2.24, 2.45) is 5.73 Å². The molecule has 0 aliphatic heterocycles. The number of rotatable bonds is 1. The first kappa shape index (κ1) is 6.64. The number of aromatic nitrogens is 2. The molecular weight excluding hydrogens is 134 g/mol. The minimum Gasteiger partial charge on any atom is -0.320 e. The standard InChI is InChI=1S/C5H9N3S/c1-5(2,6)4-7-3-8-9-4/h3H,6H2,1-2H3. The molecule has 0 aliphatic carbocycles. The maximum Gasteiger partial charge on any atom is 0.132 e. The molecule has 50 valence electrons. The molecule has 0 atom stereocenters. The van der Waals surface area contributed by atoms with Gasteiger partial charge in [-0.3, -0.25) is 0 Å². The van der Waals surface area contributed by atoms with Gasteiger partial charge < -0.3 is 5.73 Å². The largest absolute Gasteiger partial charge is 0.320 e. The lowest BCUT2D eigenvalue weighted by Crippen LogP contribution is -2.28. The number of hydrogen-bond acceptors (Lipinski definition) is 4. The smallest absolute Gasteiger partial charge is 0.132 e. The maximum absolute atomic E-state index is 5.71. The first-order valence-corrected chi connectivity index (χ1v) is 3.44. The van der Waals surface area contributed by atoms with E-state index >= 15 is 0 Å². The summed E-state index contributed by atoms with van der Waals surface area (Å²) in [5.74, 6) is 0. The van der Waals surface area contributed by atoms with Crippen LogP contribution in [0.1, 0.15) is 18.9 Å². The zero-order chi connectivity index (χ0) is 6.91. The van der Waals surface area contributed by atoms with Gasteiger partial charge in [0.05, 0.1) is 5.54 Å². The molecule has 0 aliphatic rings. The monoisotopic (exact) mass is 143 g/mol. The molecule has 0 bridgehead atoms. The average molecular weight is 143 g/mol. The second kappa shape index (κ2) is 2.04. The second-order valence-corrected chi connectivity index (χ2v) is 3.25. The van der Waals surface area contributed by atoms with E-state index in [1.807, 2.05) is 13.8 Å². The molecule has 1 aromatic rings. The molecule has 0 saturated carbocycles. The molecule has 0 spiro atoms. The van der Waals surface area contributed by atoms with Gasteiger partial charge in [-0.05, 0) is 25.4 Å². The Morgan fingerprint density at radius 1 is 1.67 bits per heavy atom. The predicted molar refractivity (Wildman–Crippen MR) is 37.1 cm³/mol. The van der Waals surface area contributed by atoms with E-state index in [0.717, 1.165) is 5.01 Å². The van der Waals surface area contributed by atoms with Crippen molar-refractivity contribution in [3.05, 3.63) is 11.3 Å². The molecule has 1 heterocycles. The lowest BCUT2D eigenvalue weighted by atomic mass is 10.1. The summed E-state index contributed by atoms with van der Waals surface area (Å²) in [6, 6.07) is 0. The molecule has 1 rings (SSSR count). The van der Waals surface area contributed by atoms with Crippen molar-refractivity contribution in [3.63, 3.8) is 0 Å². The zero-order valence-electron chi connectivity index (χ0n) is 5.46. The van der Waals surface area contributed by atoms with Gasteiger partial charge in [0.1, 0.15) is 11.3 Å². The summed E-state index contributed by atoms with van der Waals surface area (Å²) in [4.78, 5) is 3.97. The molecule has 9 heavy (non-hydrogen) atoms. The molecular formula is C5H9N3S. The van der Waals surface area contributed by atoms with Crippen molar-refractivity contribution in [2.75, 3.05) is 0 Å². The highest BCUT2D eigenvalue weighted by Gasteiger charge is 2.16. The lowest BCUT2D eigenvalue weighted by Gasteiger charge is -2.12. The SMILES string of the molecule is CC(C)(N)c1ncns1. The van der Waals surface area contributed by atoms with E-state index in [2.05, 4.69) is 9.36 Å². The van der Waals surface area contributed by atoms with Gasteiger partial charge in [0, 0.05) is 0 Å². The van der Waals surface area contributed by atoms with E-state index in [9.17, 15) is 0 Å². The molecule has 0 amide bonds. The van der Waals surface area contributed by atoms with Gasteiger partial charge in [-0.15, -0.1) is 0 Å². The van der Waals surface area contributed by atoms with Crippen LogP contribution in [0, 0.1) is 0 Å². The van der Waals surface area contributed by atoms with Crippen LogP contribution in [-0.2, 0) is 5.54 Å². The van der Waals surface area contributed by atoms with Gasteiger partial charge in [-0.25, -0.2) is 4.98 Å². The van der Waals surface area contributed by atoms with E-state index in [0.29, 0.717) is 0 Å². The molecule has 3 nitrogen and oxygen atoms in total. The Kier molecular flexibility index (Phi) is 1.50. The fourth-order valence-corrected chi connectivity index (χ4v) is 0.981. The minimum absolute atomic E-state index is 0.332. The normalized spacial score (nSPS) is 11.9. The van der Waals surface area contributed by atoms with E-state index in [-0.39, 0.29) is 5.54 Å². The fraction of sp³-hybridized carbons (Fsp3) is 0.600. The van der Waals surface area contributed by atoms with Gasteiger partial charge in [0.25, 0.3) is 0 Å². The predicted octanol–water partition coefficient (Wildman–Crippen LogP) is 0.732. The van der Waals surface area contributed by atoms with Crippen LogP contribution in [0.5, 0.6) is 0 Å². The topological polar surface area (TPSA) is 51.8 Å². The summed E-state index contributed by atoms with van der Waals surface area (Å²) in [7, 11) is 0. The fourth-order valence-electron chi connectivity index (χ4n) is 0.457. The van der Waals surface area contributed by atoms with E-state index < -0.39 is 0 Å². The third kappa shape index (κ3) is 1.46. The molecule has 2 N–H and O–H groups in total. The van der Waals surface area contributed by atoms with Crippen LogP contribution < -0.4 is 5.73 Å². The summed E-state index contributed by atoms with van der Waals surface area (Å²) in [6.07, 6.45) is 1.52. The molecule has 0 saturated heterocycles. The van der Waals surface area contributed by atoms with Gasteiger partial charge >= 0.3 is 0 Å². The maximum atomic E-state index is 5.71. The second-order valence-electron chi connectivity index (χ2n) is 2.47. The van der Waals surface area contributed by atoms with Crippen molar-refractivity contribution in [1.29, 1.82) is 0 Å². The Balaban J connectivity index is 2.90. The highest BCUT2D eigenvalue weighted by molar-refractivity contribution is 7.05. The molecule has 0 unspecified atom stereocenters. The first-order valence-electron chi connectivity index (χ1n) is 2.67.